The van der Waals surface area contributed by atoms with Gasteiger partial charge in [0.2, 0.25) is 5.91 Å². The van der Waals surface area contributed by atoms with Gasteiger partial charge in [0.15, 0.2) is 5.78 Å². The second kappa shape index (κ2) is 10.7. The Hall–Kier alpha value is -2.66. The first-order valence-electron chi connectivity index (χ1n) is 12.3. The molecule has 2 atom stereocenters. The van der Waals surface area contributed by atoms with Crippen molar-refractivity contribution in [2.24, 2.45) is 11.8 Å². The zero-order chi connectivity index (χ0) is 24.2. The van der Waals surface area contributed by atoms with Crippen LogP contribution in [0.15, 0.2) is 48.5 Å². The molecular weight excluding hydrogens is 450 g/mol. The first-order chi connectivity index (χ1) is 16.4. The third-order valence-electron chi connectivity index (χ3n) is 7.65. The predicted molar refractivity (Wildman–Crippen MR) is 132 cm³/mol. The summed E-state index contributed by atoms with van der Waals surface area (Å²) in [7, 11) is 0. The van der Waals surface area contributed by atoms with Crippen LogP contribution in [0.3, 0.4) is 0 Å². The van der Waals surface area contributed by atoms with Crippen LogP contribution in [0.4, 0.5) is 0 Å². The van der Waals surface area contributed by atoms with E-state index in [-0.39, 0.29) is 40.5 Å². The molecule has 180 valence electrons. The van der Waals surface area contributed by atoms with E-state index in [1.54, 1.807) is 12.1 Å². The maximum Gasteiger partial charge on any atom is 0.337 e. The third kappa shape index (κ3) is 5.20. The fourth-order valence-electron chi connectivity index (χ4n) is 5.69. The molecule has 4 rings (SSSR count). The number of nitrogens with zero attached hydrogens (tertiary/aromatic N) is 1. The van der Waals surface area contributed by atoms with E-state index in [0.29, 0.717) is 18.0 Å². The smallest absolute Gasteiger partial charge is 0.337 e. The zero-order valence-corrected chi connectivity index (χ0v) is 20.3. The molecular formula is C28H32ClNO4. The fraction of sp³-hybridized carbons (Fsp3) is 0.464. The molecule has 1 aliphatic carbocycles. The van der Waals surface area contributed by atoms with E-state index in [0.717, 1.165) is 44.1 Å². The van der Waals surface area contributed by atoms with Gasteiger partial charge in [-0.2, -0.15) is 0 Å². The van der Waals surface area contributed by atoms with Gasteiger partial charge in [0, 0.05) is 24.8 Å². The molecule has 1 saturated carbocycles. The first-order valence-corrected chi connectivity index (χ1v) is 12.7. The van der Waals surface area contributed by atoms with Crippen molar-refractivity contribution in [1.82, 2.24) is 4.90 Å². The van der Waals surface area contributed by atoms with Crippen molar-refractivity contribution in [2.45, 2.75) is 63.8 Å². The van der Waals surface area contributed by atoms with E-state index in [1.807, 2.05) is 35.2 Å². The molecule has 0 bridgehead atoms. The maximum absolute atomic E-state index is 13.7. The molecule has 1 aliphatic heterocycles. The Balaban J connectivity index is 1.57. The Kier molecular flexibility index (Phi) is 7.72. The zero-order valence-electron chi connectivity index (χ0n) is 19.6. The van der Waals surface area contributed by atoms with Crippen LogP contribution in [0.5, 0.6) is 0 Å². The van der Waals surface area contributed by atoms with Gasteiger partial charge in [-0.3, -0.25) is 9.59 Å². The predicted octanol–water partition coefficient (Wildman–Crippen LogP) is 5.75. The summed E-state index contributed by atoms with van der Waals surface area (Å²) in [5, 5.41) is 9.34. The Labute approximate surface area is 206 Å². The number of Topliss-reactive ketones (excluding diaryl/α,β-unsaturated/α-hetero) is 1. The quantitative estimate of drug-likeness (QED) is 0.546. The van der Waals surface area contributed by atoms with Crippen molar-refractivity contribution in [3.8, 4) is 0 Å². The summed E-state index contributed by atoms with van der Waals surface area (Å²) in [5.41, 5.74) is 1.75. The highest BCUT2D eigenvalue weighted by atomic mass is 35.5. The number of benzene rings is 2. The molecule has 5 nitrogen and oxygen atoms in total. The molecule has 0 spiro atoms. The summed E-state index contributed by atoms with van der Waals surface area (Å²) < 4.78 is 0. The highest BCUT2D eigenvalue weighted by Gasteiger charge is 2.44. The van der Waals surface area contributed by atoms with Gasteiger partial charge in [-0.25, -0.2) is 4.79 Å². The van der Waals surface area contributed by atoms with Gasteiger partial charge in [0.1, 0.15) is 0 Å². The first kappa shape index (κ1) is 24.5. The van der Waals surface area contributed by atoms with Crippen LogP contribution >= 0.6 is 11.6 Å². The molecule has 0 radical (unpaired) electrons. The van der Waals surface area contributed by atoms with Gasteiger partial charge < -0.3 is 10.0 Å². The minimum Gasteiger partial charge on any atom is -0.478 e. The summed E-state index contributed by atoms with van der Waals surface area (Å²) in [6, 6.07) is 14.1. The second-order valence-electron chi connectivity index (χ2n) is 9.67. The van der Waals surface area contributed by atoms with Gasteiger partial charge in [0.05, 0.1) is 16.6 Å². The van der Waals surface area contributed by atoms with Crippen molar-refractivity contribution >= 4 is 29.3 Å². The standard InChI is InChI=1S/C28H32ClNO4/c1-2-18-8-11-21(12-9-18)27(32)30-15-14-22(20-6-4-3-5-7-20)26(30)25(31)17-19-10-13-23(28(33)34)24(29)16-19/h3-7,10,13,16,18,21-22,26H,2,8-9,11-12,14-15,17H2,1H3,(H,33,34)/t18?,21?,22-,26-/m0/s1. The summed E-state index contributed by atoms with van der Waals surface area (Å²) in [5.74, 6) is -0.352. The molecule has 1 heterocycles. The monoisotopic (exact) mass is 481 g/mol. The Morgan fingerprint density at radius 2 is 1.71 bits per heavy atom. The molecule has 34 heavy (non-hydrogen) atoms. The highest BCUT2D eigenvalue weighted by Crippen LogP contribution is 2.38. The number of amides is 1. The van der Waals surface area contributed by atoms with E-state index >= 15 is 0 Å². The highest BCUT2D eigenvalue weighted by molar-refractivity contribution is 6.33. The molecule has 1 saturated heterocycles. The lowest BCUT2D eigenvalue weighted by Crippen LogP contribution is -2.46. The minimum absolute atomic E-state index is 0.00285. The number of hydrogen-bond donors (Lipinski definition) is 1. The molecule has 6 heteroatoms. The van der Waals surface area contributed by atoms with Gasteiger partial charge in [-0.15, -0.1) is 0 Å². The Morgan fingerprint density at radius 1 is 1.00 bits per heavy atom. The van der Waals surface area contributed by atoms with E-state index in [2.05, 4.69) is 6.92 Å². The van der Waals surface area contributed by atoms with Crippen LogP contribution in [0.1, 0.15) is 72.9 Å². The van der Waals surface area contributed by atoms with E-state index < -0.39 is 12.0 Å². The fourth-order valence-corrected chi connectivity index (χ4v) is 5.97. The van der Waals surface area contributed by atoms with E-state index in [9.17, 15) is 19.5 Å². The molecule has 0 unspecified atom stereocenters. The summed E-state index contributed by atoms with van der Waals surface area (Å²) in [4.78, 5) is 40.4. The second-order valence-corrected chi connectivity index (χ2v) is 10.1. The Bertz CT molecular complexity index is 1050. The largest absolute Gasteiger partial charge is 0.478 e. The number of aromatic carboxylic acids is 1. The summed E-state index contributed by atoms with van der Waals surface area (Å²) in [6.45, 7) is 2.79. The molecule has 2 aromatic rings. The molecule has 1 N–H and O–H groups in total. The molecule has 1 amide bonds. The van der Waals surface area contributed by atoms with Crippen LogP contribution < -0.4 is 0 Å². The lowest BCUT2D eigenvalue weighted by Gasteiger charge is -2.33. The van der Waals surface area contributed by atoms with Gasteiger partial charge in [-0.1, -0.05) is 61.3 Å². The number of carboxylic acids is 1. The van der Waals surface area contributed by atoms with E-state index in [4.69, 9.17) is 11.6 Å². The number of carbonyl (C=O) groups excluding carboxylic acids is 2. The van der Waals surface area contributed by atoms with Crippen LogP contribution in [-0.2, 0) is 16.0 Å². The van der Waals surface area contributed by atoms with Gasteiger partial charge in [0.25, 0.3) is 0 Å². The number of likely N-dealkylation sites (tertiary alicyclic amines) is 1. The maximum atomic E-state index is 13.7. The lowest BCUT2D eigenvalue weighted by molar-refractivity contribution is -0.142. The topological polar surface area (TPSA) is 74.7 Å². The molecule has 2 aliphatic rings. The number of halogens is 1. The summed E-state index contributed by atoms with van der Waals surface area (Å²) in [6.07, 6.45) is 5.99. The van der Waals surface area contributed by atoms with Crippen LogP contribution in [0.2, 0.25) is 5.02 Å². The van der Waals surface area contributed by atoms with Crippen molar-refractivity contribution in [3.63, 3.8) is 0 Å². The SMILES string of the molecule is CCC1CCC(C(=O)N2CC[C@@H](c3ccccc3)[C@H]2C(=O)Cc2ccc(C(=O)O)c(Cl)c2)CC1. The average Bonchev–Trinajstić information content (AvgIpc) is 3.29. The van der Waals surface area contributed by atoms with Crippen LogP contribution in [0.25, 0.3) is 0 Å². The number of carbonyl (C=O) groups is 3. The minimum atomic E-state index is -1.10. The molecule has 2 fully saturated rings. The van der Waals surface area contributed by atoms with Crippen molar-refractivity contribution in [3.05, 3.63) is 70.2 Å². The van der Waals surface area contributed by atoms with Crippen molar-refractivity contribution in [2.75, 3.05) is 6.54 Å². The number of ketones is 1. The van der Waals surface area contributed by atoms with Crippen LogP contribution in [-0.4, -0.2) is 40.3 Å². The summed E-state index contributed by atoms with van der Waals surface area (Å²) >= 11 is 6.14. The number of carboxylic acid groups (broad SMARTS) is 1. The average molecular weight is 482 g/mol. The van der Waals surface area contributed by atoms with E-state index in [1.165, 1.54) is 6.07 Å². The molecule has 0 aromatic heterocycles. The lowest BCUT2D eigenvalue weighted by atomic mass is 9.80. The van der Waals surface area contributed by atoms with Crippen LogP contribution in [0, 0.1) is 11.8 Å². The van der Waals surface area contributed by atoms with Crippen molar-refractivity contribution in [1.29, 1.82) is 0 Å². The van der Waals surface area contributed by atoms with Crippen molar-refractivity contribution < 1.29 is 19.5 Å². The normalized spacial score (nSPS) is 24.7. The number of hydrogen-bond acceptors (Lipinski definition) is 3. The Morgan fingerprint density at radius 3 is 2.32 bits per heavy atom. The van der Waals surface area contributed by atoms with Gasteiger partial charge >= 0.3 is 5.97 Å². The third-order valence-corrected chi connectivity index (χ3v) is 7.97. The number of rotatable bonds is 7. The molecule has 2 aromatic carbocycles. The van der Waals surface area contributed by atoms with Gasteiger partial charge in [-0.05, 0) is 61.3 Å².